The Hall–Kier alpha value is -1.09. The molecule has 0 bridgehead atoms. The van der Waals surface area contributed by atoms with Crippen molar-refractivity contribution in [3.05, 3.63) is 18.0 Å². The third kappa shape index (κ3) is 4.30. The first-order valence-electron chi connectivity index (χ1n) is 8.09. The SMILES string of the molecule is CCC(CC)(CN)NS(=O)(=O)c1c[nH]c(C(=O)N2CCCC2)c1.Cl. The van der Waals surface area contributed by atoms with Crippen LogP contribution >= 0.6 is 12.4 Å². The van der Waals surface area contributed by atoms with Gasteiger partial charge in [-0.1, -0.05) is 13.8 Å². The van der Waals surface area contributed by atoms with E-state index >= 15 is 0 Å². The summed E-state index contributed by atoms with van der Waals surface area (Å²) in [5, 5.41) is 0. The molecular formula is C15H27ClN4O3S. The number of rotatable bonds is 7. The van der Waals surface area contributed by atoms with Crippen LogP contribution < -0.4 is 10.5 Å². The van der Waals surface area contributed by atoms with Gasteiger partial charge in [0.2, 0.25) is 10.0 Å². The maximum atomic E-state index is 12.6. The van der Waals surface area contributed by atoms with Gasteiger partial charge in [-0.25, -0.2) is 13.1 Å². The minimum absolute atomic E-state index is 0. The smallest absolute Gasteiger partial charge is 0.270 e. The number of carbonyl (C=O) groups excluding carboxylic acids is 1. The van der Waals surface area contributed by atoms with Crippen molar-refractivity contribution >= 4 is 28.3 Å². The molecule has 1 saturated heterocycles. The van der Waals surface area contributed by atoms with E-state index < -0.39 is 15.6 Å². The summed E-state index contributed by atoms with van der Waals surface area (Å²) in [6.07, 6.45) is 4.54. The molecule has 0 aromatic carbocycles. The molecule has 2 rings (SSSR count). The quantitative estimate of drug-likeness (QED) is 0.667. The Morgan fingerprint density at radius 1 is 1.33 bits per heavy atom. The number of sulfonamides is 1. The molecule has 9 heteroatoms. The maximum Gasteiger partial charge on any atom is 0.270 e. The van der Waals surface area contributed by atoms with Crippen molar-refractivity contribution < 1.29 is 13.2 Å². The lowest BCUT2D eigenvalue weighted by molar-refractivity contribution is 0.0787. The maximum absolute atomic E-state index is 12.6. The number of H-pyrrole nitrogens is 1. The number of hydrogen-bond acceptors (Lipinski definition) is 4. The van der Waals surface area contributed by atoms with Gasteiger partial charge in [0, 0.05) is 31.4 Å². The third-order valence-electron chi connectivity index (χ3n) is 4.69. The van der Waals surface area contributed by atoms with Crippen LogP contribution in [0.25, 0.3) is 0 Å². The summed E-state index contributed by atoms with van der Waals surface area (Å²) < 4.78 is 27.8. The van der Waals surface area contributed by atoms with Gasteiger partial charge in [-0.3, -0.25) is 4.79 Å². The van der Waals surface area contributed by atoms with E-state index in [0.717, 1.165) is 25.9 Å². The van der Waals surface area contributed by atoms with Gasteiger partial charge in [-0.2, -0.15) is 0 Å². The first-order chi connectivity index (χ1) is 10.9. The zero-order valence-corrected chi connectivity index (χ0v) is 15.8. The highest BCUT2D eigenvalue weighted by Gasteiger charge is 2.32. The zero-order valence-electron chi connectivity index (χ0n) is 14.2. The molecule has 0 spiro atoms. The lowest BCUT2D eigenvalue weighted by Crippen LogP contribution is -2.52. The number of hydrogen-bond donors (Lipinski definition) is 3. The molecule has 0 saturated carbocycles. The second-order valence-electron chi connectivity index (χ2n) is 6.05. The summed E-state index contributed by atoms with van der Waals surface area (Å²) in [5.41, 5.74) is 5.40. The molecular weight excluding hydrogens is 352 g/mol. The van der Waals surface area contributed by atoms with Gasteiger partial charge in [-0.05, 0) is 31.7 Å². The van der Waals surface area contributed by atoms with Gasteiger partial charge in [0.05, 0.1) is 0 Å². The van der Waals surface area contributed by atoms with E-state index in [4.69, 9.17) is 5.73 Å². The van der Waals surface area contributed by atoms with Crippen LogP contribution in [0.15, 0.2) is 17.2 Å². The van der Waals surface area contributed by atoms with Crippen LogP contribution in [-0.4, -0.2) is 49.4 Å². The van der Waals surface area contributed by atoms with Crippen molar-refractivity contribution in [1.29, 1.82) is 0 Å². The predicted molar refractivity (Wildman–Crippen MR) is 95.9 cm³/mol. The standard InChI is InChI=1S/C15H26N4O3S.ClH/c1-3-15(4-2,11-16)18-23(21,22)12-9-13(17-10-12)14(20)19-7-5-6-8-19;/h9-10,17-18H,3-8,11,16H2,1-2H3;1H. The normalized spacial score (nSPS) is 15.4. The van der Waals surface area contributed by atoms with Crippen molar-refractivity contribution in [1.82, 2.24) is 14.6 Å². The summed E-state index contributed by atoms with van der Waals surface area (Å²) in [6, 6.07) is 1.40. The van der Waals surface area contributed by atoms with Gasteiger partial charge in [0.25, 0.3) is 5.91 Å². The van der Waals surface area contributed by atoms with Crippen LogP contribution in [0.4, 0.5) is 0 Å². The molecule has 1 aromatic rings. The number of nitrogens with one attached hydrogen (secondary N) is 2. The van der Waals surface area contributed by atoms with Gasteiger partial charge >= 0.3 is 0 Å². The van der Waals surface area contributed by atoms with Crippen molar-refractivity contribution in [3.63, 3.8) is 0 Å². The molecule has 4 N–H and O–H groups in total. The molecule has 0 radical (unpaired) electrons. The molecule has 138 valence electrons. The predicted octanol–water partition coefficient (Wildman–Crippen LogP) is 1.47. The lowest BCUT2D eigenvalue weighted by atomic mass is 9.95. The number of halogens is 1. The third-order valence-corrected chi connectivity index (χ3v) is 6.24. The number of likely N-dealkylation sites (tertiary alicyclic amines) is 1. The molecule has 0 aliphatic carbocycles. The molecule has 1 amide bonds. The Balaban J connectivity index is 0.00000288. The fraction of sp³-hybridized carbons (Fsp3) is 0.667. The van der Waals surface area contributed by atoms with E-state index in [9.17, 15) is 13.2 Å². The van der Waals surface area contributed by atoms with E-state index in [1.54, 1.807) is 4.90 Å². The molecule has 1 aliphatic heterocycles. The summed E-state index contributed by atoms with van der Waals surface area (Å²) >= 11 is 0. The van der Waals surface area contributed by atoms with Crippen LogP contribution in [0.2, 0.25) is 0 Å². The van der Waals surface area contributed by atoms with E-state index in [0.29, 0.717) is 18.5 Å². The number of carbonyl (C=O) groups is 1. The first-order valence-corrected chi connectivity index (χ1v) is 9.57. The minimum atomic E-state index is -3.72. The van der Waals surface area contributed by atoms with Gasteiger partial charge in [-0.15, -0.1) is 12.4 Å². The summed E-state index contributed by atoms with van der Waals surface area (Å²) in [6.45, 7) is 5.47. The topological polar surface area (TPSA) is 108 Å². The second-order valence-corrected chi connectivity index (χ2v) is 7.73. The second kappa shape index (κ2) is 8.33. The van der Waals surface area contributed by atoms with Crippen LogP contribution in [0.3, 0.4) is 0 Å². The van der Waals surface area contributed by atoms with E-state index in [2.05, 4.69) is 9.71 Å². The monoisotopic (exact) mass is 378 g/mol. The molecule has 0 unspecified atom stereocenters. The molecule has 7 nitrogen and oxygen atoms in total. The minimum Gasteiger partial charge on any atom is -0.356 e. The van der Waals surface area contributed by atoms with Crippen LogP contribution in [0, 0.1) is 0 Å². The number of aromatic amines is 1. The Bertz CT molecular complexity index is 641. The average molecular weight is 379 g/mol. The van der Waals surface area contributed by atoms with Crippen LogP contribution in [-0.2, 0) is 10.0 Å². The summed E-state index contributed by atoms with van der Waals surface area (Å²) in [5.74, 6) is -0.153. The van der Waals surface area contributed by atoms with Gasteiger partial charge < -0.3 is 15.6 Å². The number of nitrogens with zero attached hydrogens (tertiary/aromatic N) is 1. The number of nitrogens with two attached hydrogens (primary N) is 1. The van der Waals surface area contributed by atoms with Gasteiger partial charge in [0.1, 0.15) is 10.6 Å². The van der Waals surface area contributed by atoms with E-state index in [-0.39, 0.29) is 29.8 Å². The Morgan fingerprint density at radius 2 is 1.92 bits per heavy atom. The largest absolute Gasteiger partial charge is 0.356 e. The highest BCUT2D eigenvalue weighted by molar-refractivity contribution is 7.89. The molecule has 1 aliphatic rings. The first kappa shape index (κ1) is 21.0. The Labute approximate surface area is 149 Å². The molecule has 24 heavy (non-hydrogen) atoms. The Morgan fingerprint density at radius 3 is 2.42 bits per heavy atom. The summed E-state index contributed by atoms with van der Waals surface area (Å²) in [7, 11) is -3.72. The molecule has 0 atom stereocenters. The fourth-order valence-electron chi connectivity index (χ4n) is 2.81. The van der Waals surface area contributed by atoms with Crippen molar-refractivity contribution in [2.45, 2.75) is 50.0 Å². The summed E-state index contributed by atoms with van der Waals surface area (Å²) in [4.78, 5) is 16.9. The fourth-order valence-corrected chi connectivity index (χ4v) is 4.36. The number of amides is 1. The van der Waals surface area contributed by atoms with Gasteiger partial charge in [0.15, 0.2) is 0 Å². The average Bonchev–Trinajstić information content (AvgIpc) is 3.23. The molecule has 2 heterocycles. The highest BCUT2D eigenvalue weighted by Crippen LogP contribution is 2.20. The Kier molecular flexibility index (Phi) is 7.27. The molecule has 1 aromatic heterocycles. The zero-order chi connectivity index (χ0) is 17.1. The van der Waals surface area contributed by atoms with Crippen LogP contribution in [0.5, 0.6) is 0 Å². The van der Waals surface area contributed by atoms with Crippen molar-refractivity contribution in [2.75, 3.05) is 19.6 Å². The van der Waals surface area contributed by atoms with Crippen LogP contribution in [0.1, 0.15) is 50.0 Å². The van der Waals surface area contributed by atoms with E-state index in [1.165, 1.54) is 12.3 Å². The number of aromatic nitrogens is 1. The molecule has 1 fully saturated rings. The van der Waals surface area contributed by atoms with Crippen molar-refractivity contribution in [2.24, 2.45) is 5.73 Å². The lowest BCUT2D eigenvalue weighted by Gasteiger charge is -2.30. The van der Waals surface area contributed by atoms with Crippen molar-refractivity contribution in [3.8, 4) is 0 Å². The van der Waals surface area contributed by atoms with E-state index in [1.807, 2.05) is 13.8 Å². The highest BCUT2D eigenvalue weighted by atomic mass is 35.5.